The lowest BCUT2D eigenvalue weighted by Gasteiger charge is -2.16. The number of halogens is 1. The Hall–Kier alpha value is -2.87. The number of hydrogen-bond donors (Lipinski definition) is 3. The molecule has 3 N–H and O–H groups in total. The average Bonchev–Trinajstić information content (AvgIpc) is 2.71. The summed E-state index contributed by atoms with van der Waals surface area (Å²) < 4.78 is 5.93. The molecule has 27 heavy (non-hydrogen) atoms. The molecule has 0 fully saturated rings. The lowest BCUT2D eigenvalue weighted by Crippen LogP contribution is -2.19. The third kappa shape index (κ3) is 4.65. The first-order chi connectivity index (χ1) is 13.1. The Kier molecular flexibility index (Phi) is 6.08. The van der Waals surface area contributed by atoms with Crippen LogP contribution >= 0.6 is 15.9 Å². The number of allylic oxidation sites excluding steroid dienone is 4. The molecular weight excluding hydrogens is 410 g/mol. The van der Waals surface area contributed by atoms with Gasteiger partial charge in [-0.3, -0.25) is 4.79 Å². The molecule has 0 unspecified atom stereocenters. The molecule has 1 aromatic heterocycles. The highest BCUT2D eigenvalue weighted by Gasteiger charge is 2.13. The smallest absolute Gasteiger partial charge is 0.253 e. The number of anilines is 3. The molecule has 0 aliphatic heterocycles. The number of hydrogen-bond acceptors (Lipinski definition) is 6. The van der Waals surface area contributed by atoms with Crippen LogP contribution in [0.25, 0.3) is 0 Å². The molecule has 1 aromatic carbocycles. The molecule has 0 spiro atoms. The van der Waals surface area contributed by atoms with E-state index in [0.29, 0.717) is 27.5 Å². The standard InChI is InChI=1S/C19H20BrN5O2/c1-21-18(26)14-5-3-4-6-16(14)24-17-15(20)11-22-19(25-17)23-12-7-9-13(27-2)10-8-12/h3-7,9,11H,8,10H2,1-2H3,(H,21,26)(H2,22,23,24,25). The Morgan fingerprint density at radius 1 is 1.19 bits per heavy atom. The van der Waals surface area contributed by atoms with Gasteiger partial charge >= 0.3 is 0 Å². The Labute approximate surface area is 166 Å². The predicted octanol–water partition coefficient (Wildman–Crippen LogP) is 3.96. The molecule has 1 heterocycles. The second kappa shape index (κ2) is 8.68. The zero-order valence-corrected chi connectivity index (χ0v) is 16.6. The van der Waals surface area contributed by atoms with E-state index in [-0.39, 0.29) is 5.91 Å². The highest BCUT2D eigenvalue weighted by molar-refractivity contribution is 9.10. The van der Waals surface area contributed by atoms with Gasteiger partial charge < -0.3 is 20.7 Å². The average molecular weight is 430 g/mol. The Morgan fingerprint density at radius 2 is 2.00 bits per heavy atom. The quantitative estimate of drug-likeness (QED) is 0.643. The fraction of sp³-hybridized carbons (Fsp3) is 0.211. The van der Waals surface area contributed by atoms with Crippen LogP contribution in [0.3, 0.4) is 0 Å². The van der Waals surface area contributed by atoms with Gasteiger partial charge in [0, 0.05) is 25.4 Å². The summed E-state index contributed by atoms with van der Waals surface area (Å²) in [6.07, 6.45) is 7.21. The second-order valence-corrected chi connectivity index (χ2v) is 6.65. The largest absolute Gasteiger partial charge is 0.501 e. The number of amides is 1. The van der Waals surface area contributed by atoms with Crippen molar-refractivity contribution in [2.24, 2.45) is 0 Å². The van der Waals surface area contributed by atoms with Gasteiger partial charge in [0.15, 0.2) is 0 Å². The number of benzene rings is 1. The molecule has 1 aliphatic carbocycles. The van der Waals surface area contributed by atoms with Gasteiger partial charge in [-0.2, -0.15) is 4.98 Å². The monoisotopic (exact) mass is 429 g/mol. The van der Waals surface area contributed by atoms with E-state index in [1.54, 1.807) is 26.4 Å². The van der Waals surface area contributed by atoms with E-state index >= 15 is 0 Å². The Bertz CT molecular complexity index is 911. The van der Waals surface area contributed by atoms with E-state index in [4.69, 9.17) is 4.74 Å². The van der Waals surface area contributed by atoms with E-state index in [1.165, 1.54) is 0 Å². The minimum absolute atomic E-state index is 0.172. The van der Waals surface area contributed by atoms with E-state index in [2.05, 4.69) is 41.8 Å². The number of rotatable bonds is 6. The Balaban J connectivity index is 1.82. The van der Waals surface area contributed by atoms with Crippen molar-refractivity contribution in [1.82, 2.24) is 15.3 Å². The summed E-state index contributed by atoms with van der Waals surface area (Å²) in [6, 6.07) is 7.25. The summed E-state index contributed by atoms with van der Waals surface area (Å²) in [6.45, 7) is 0. The summed E-state index contributed by atoms with van der Waals surface area (Å²) in [5.74, 6) is 1.81. The van der Waals surface area contributed by atoms with Crippen molar-refractivity contribution in [1.29, 1.82) is 0 Å². The molecule has 0 saturated carbocycles. The van der Waals surface area contributed by atoms with Gasteiger partial charge in [-0.05, 0) is 46.6 Å². The molecule has 1 aliphatic rings. The number of nitrogens with one attached hydrogen (secondary N) is 3. The fourth-order valence-corrected chi connectivity index (χ4v) is 2.89. The maximum Gasteiger partial charge on any atom is 0.253 e. The number of para-hydroxylation sites is 1. The van der Waals surface area contributed by atoms with Crippen molar-refractivity contribution >= 4 is 39.3 Å². The number of aromatic nitrogens is 2. The minimum atomic E-state index is -0.172. The molecule has 0 saturated heterocycles. The minimum Gasteiger partial charge on any atom is -0.501 e. The van der Waals surface area contributed by atoms with Crippen LogP contribution in [-0.2, 0) is 4.74 Å². The fourth-order valence-electron chi connectivity index (χ4n) is 2.60. The van der Waals surface area contributed by atoms with Crippen LogP contribution in [0.1, 0.15) is 23.2 Å². The van der Waals surface area contributed by atoms with Gasteiger partial charge in [-0.15, -0.1) is 0 Å². The maximum atomic E-state index is 12.1. The third-order valence-electron chi connectivity index (χ3n) is 4.04. The number of carbonyl (C=O) groups is 1. The lowest BCUT2D eigenvalue weighted by molar-refractivity contribution is 0.0964. The molecule has 2 aromatic rings. The zero-order chi connectivity index (χ0) is 19.2. The van der Waals surface area contributed by atoms with Crippen LogP contribution in [0.4, 0.5) is 17.5 Å². The van der Waals surface area contributed by atoms with E-state index in [0.717, 1.165) is 24.3 Å². The van der Waals surface area contributed by atoms with Crippen LogP contribution in [0.15, 0.2) is 58.5 Å². The molecular formula is C19H20BrN5O2. The number of nitrogens with zero attached hydrogens (tertiary/aromatic N) is 2. The first-order valence-corrected chi connectivity index (χ1v) is 9.21. The lowest BCUT2D eigenvalue weighted by atomic mass is 10.1. The summed E-state index contributed by atoms with van der Waals surface area (Å²) in [4.78, 5) is 20.9. The predicted molar refractivity (Wildman–Crippen MR) is 109 cm³/mol. The van der Waals surface area contributed by atoms with Gasteiger partial charge in [0.05, 0.1) is 28.6 Å². The molecule has 3 rings (SSSR count). The Morgan fingerprint density at radius 3 is 2.70 bits per heavy atom. The first-order valence-electron chi connectivity index (χ1n) is 8.42. The molecule has 8 heteroatoms. The molecule has 1 amide bonds. The van der Waals surface area contributed by atoms with Gasteiger partial charge in [0.2, 0.25) is 5.95 Å². The highest BCUT2D eigenvalue weighted by atomic mass is 79.9. The van der Waals surface area contributed by atoms with E-state index in [9.17, 15) is 4.79 Å². The summed E-state index contributed by atoms with van der Waals surface area (Å²) >= 11 is 3.45. The van der Waals surface area contributed by atoms with E-state index in [1.807, 2.05) is 30.4 Å². The highest BCUT2D eigenvalue weighted by Crippen LogP contribution is 2.27. The van der Waals surface area contributed by atoms with Crippen LogP contribution in [-0.4, -0.2) is 30.0 Å². The normalized spacial score (nSPS) is 13.3. The summed E-state index contributed by atoms with van der Waals surface area (Å²) in [5, 5.41) is 9.06. The SMILES string of the molecule is CNC(=O)c1ccccc1Nc1nc(NC2=CC=C(OC)CC2)ncc1Br. The van der Waals surface area contributed by atoms with Gasteiger partial charge in [-0.1, -0.05) is 12.1 Å². The van der Waals surface area contributed by atoms with E-state index < -0.39 is 0 Å². The maximum absolute atomic E-state index is 12.1. The van der Waals surface area contributed by atoms with Gasteiger partial charge in [0.1, 0.15) is 5.82 Å². The van der Waals surface area contributed by atoms with Crippen molar-refractivity contribution in [2.75, 3.05) is 24.8 Å². The van der Waals surface area contributed by atoms with Crippen molar-refractivity contribution in [3.63, 3.8) is 0 Å². The number of ether oxygens (including phenoxy) is 1. The van der Waals surface area contributed by atoms with Crippen LogP contribution in [0.5, 0.6) is 0 Å². The van der Waals surface area contributed by atoms with Gasteiger partial charge in [-0.25, -0.2) is 4.98 Å². The van der Waals surface area contributed by atoms with Crippen molar-refractivity contribution in [2.45, 2.75) is 12.8 Å². The molecule has 7 nitrogen and oxygen atoms in total. The zero-order valence-electron chi connectivity index (χ0n) is 15.0. The first kappa shape index (κ1) is 18.9. The molecule has 140 valence electrons. The van der Waals surface area contributed by atoms with Crippen LogP contribution in [0.2, 0.25) is 0 Å². The van der Waals surface area contributed by atoms with Crippen molar-refractivity contribution in [3.05, 3.63) is 64.1 Å². The van der Waals surface area contributed by atoms with Gasteiger partial charge in [0.25, 0.3) is 5.91 Å². The summed E-state index contributed by atoms with van der Waals surface area (Å²) in [5.41, 5.74) is 2.20. The van der Waals surface area contributed by atoms with Crippen molar-refractivity contribution in [3.8, 4) is 0 Å². The topological polar surface area (TPSA) is 88.2 Å². The van der Waals surface area contributed by atoms with Crippen molar-refractivity contribution < 1.29 is 9.53 Å². The summed E-state index contributed by atoms with van der Waals surface area (Å²) in [7, 11) is 3.27. The number of carbonyl (C=O) groups excluding carboxylic acids is 1. The third-order valence-corrected chi connectivity index (χ3v) is 4.62. The molecule has 0 bridgehead atoms. The number of methoxy groups -OCH3 is 1. The molecule has 0 radical (unpaired) electrons. The molecule has 0 atom stereocenters. The van der Waals surface area contributed by atoms with Crippen LogP contribution < -0.4 is 16.0 Å². The second-order valence-electron chi connectivity index (χ2n) is 5.79. The van der Waals surface area contributed by atoms with Crippen LogP contribution in [0, 0.1) is 0 Å².